The van der Waals surface area contributed by atoms with Crippen LogP contribution in [0.2, 0.25) is 5.02 Å². The van der Waals surface area contributed by atoms with Gasteiger partial charge in [0.25, 0.3) is 0 Å². The Balaban J connectivity index is 1.66. The molecule has 3 rings (SSSR count). The quantitative estimate of drug-likeness (QED) is 0.847. The van der Waals surface area contributed by atoms with Gasteiger partial charge in [0.05, 0.1) is 5.02 Å². The third kappa shape index (κ3) is 3.72. The van der Waals surface area contributed by atoms with Gasteiger partial charge in [0.15, 0.2) is 0 Å². The number of piperazine rings is 1. The standard InChI is InChI=1S/C16H18ClN3O2S/c17-15-3-1-2-4-16(15)23(21,22)20-11-9-19(10-12-20)13-14-5-7-18-8-6-14/h1-8H,9-13H2. The van der Waals surface area contributed by atoms with Crippen molar-refractivity contribution in [3.05, 3.63) is 59.4 Å². The van der Waals surface area contributed by atoms with Gasteiger partial charge in [-0.15, -0.1) is 0 Å². The normalized spacial score (nSPS) is 17.3. The van der Waals surface area contributed by atoms with Crippen molar-refractivity contribution in [2.24, 2.45) is 0 Å². The van der Waals surface area contributed by atoms with Crippen LogP contribution in [0, 0.1) is 0 Å². The van der Waals surface area contributed by atoms with Gasteiger partial charge >= 0.3 is 0 Å². The van der Waals surface area contributed by atoms with Gasteiger partial charge in [-0.25, -0.2) is 8.42 Å². The second-order valence-electron chi connectivity index (χ2n) is 5.47. The molecule has 2 aromatic rings. The molecule has 2 heterocycles. The fourth-order valence-corrected chi connectivity index (χ4v) is 4.58. The Hall–Kier alpha value is -1.47. The van der Waals surface area contributed by atoms with E-state index in [1.807, 2.05) is 12.1 Å². The minimum atomic E-state index is -3.52. The Labute approximate surface area is 141 Å². The van der Waals surface area contributed by atoms with Crippen LogP contribution in [0.1, 0.15) is 5.56 Å². The molecule has 1 saturated heterocycles. The minimum Gasteiger partial charge on any atom is -0.296 e. The van der Waals surface area contributed by atoms with Crippen LogP contribution in [0.15, 0.2) is 53.7 Å². The van der Waals surface area contributed by atoms with Crippen molar-refractivity contribution in [3.8, 4) is 0 Å². The van der Waals surface area contributed by atoms with Crippen LogP contribution in [0.5, 0.6) is 0 Å². The minimum absolute atomic E-state index is 0.184. The van der Waals surface area contributed by atoms with E-state index in [4.69, 9.17) is 11.6 Å². The van der Waals surface area contributed by atoms with E-state index < -0.39 is 10.0 Å². The molecule has 23 heavy (non-hydrogen) atoms. The maximum absolute atomic E-state index is 12.7. The highest BCUT2D eigenvalue weighted by Gasteiger charge is 2.29. The zero-order chi connectivity index (χ0) is 16.3. The Morgan fingerprint density at radius 2 is 1.65 bits per heavy atom. The maximum Gasteiger partial charge on any atom is 0.244 e. The average molecular weight is 352 g/mol. The first-order valence-corrected chi connectivity index (χ1v) is 9.25. The average Bonchev–Trinajstić information content (AvgIpc) is 2.56. The predicted octanol–water partition coefficient (Wildman–Crippen LogP) is 2.24. The summed E-state index contributed by atoms with van der Waals surface area (Å²) in [6.07, 6.45) is 3.54. The van der Waals surface area contributed by atoms with Crippen molar-refractivity contribution < 1.29 is 8.42 Å². The molecule has 1 aromatic carbocycles. The van der Waals surface area contributed by atoms with Gasteiger partial charge in [0.1, 0.15) is 4.90 Å². The molecule has 122 valence electrons. The van der Waals surface area contributed by atoms with Crippen molar-refractivity contribution in [1.29, 1.82) is 0 Å². The summed E-state index contributed by atoms with van der Waals surface area (Å²) in [5.41, 5.74) is 1.18. The van der Waals surface area contributed by atoms with Crippen LogP contribution in [0.25, 0.3) is 0 Å². The molecule has 0 spiro atoms. The third-order valence-electron chi connectivity index (χ3n) is 3.94. The highest BCUT2D eigenvalue weighted by atomic mass is 35.5. The molecule has 0 radical (unpaired) electrons. The first-order valence-electron chi connectivity index (χ1n) is 7.43. The first kappa shape index (κ1) is 16.4. The number of hydrogen-bond acceptors (Lipinski definition) is 4. The van der Waals surface area contributed by atoms with Crippen LogP contribution >= 0.6 is 11.6 Å². The summed E-state index contributed by atoms with van der Waals surface area (Å²) in [6, 6.07) is 10.5. The molecule has 0 N–H and O–H groups in total. The van der Waals surface area contributed by atoms with Gasteiger partial charge in [-0.2, -0.15) is 4.31 Å². The second kappa shape index (κ2) is 6.97. The highest BCUT2D eigenvalue weighted by molar-refractivity contribution is 7.89. The van der Waals surface area contributed by atoms with E-state index in [-0.39, 0.29) is 9.92 Å². The smallest absolute Gasteiger partial charge is 0.244 e. The van der Waals surface area contributed by atoms with E-state index in [2.05, 4.69) is 9.88 Å². The number of halogens is 1. The predicted molar refractivity (Wildman–Crippen MR) is 89.7 cm³/mol. The van der Waals surface area contributed by atoms with Crippen molar-refractivity contribution in [3.63, 3.8) is 0 Å². The molecular formula is C16H18ClN3O2S. The summed E-state index contributed by atoms with van der Waals surface area (Å²) in [7, 11) is -3.52. The summed E-state index contributed by atoms with van der Waals surface area (Å²) >= 11 is 6.04. The molecule has 0 atom stereocenters. The fourth-order valence-electron chi connectivity index (χ4n) is 2.67. The zero-order valence-corrected chi connectivity index (χ0v) is 14.2. The molecule has 1 aliphatic heterocycles. The van der Waals surface area contributed by atoms with Gasteiger partial charge in [-0.3, -0.25) is 9.88 Å². The lowest BCUT2D eigenvalue weighted by atomic mass is 10.2. The van der Waals surface area contributed by atoms with E-state index in [9.17, 15) is 8.42 Å². The lowest BCUT2D eigenvalue weighted by Crippen LogP contribution is -2.48. The van der Waals surface area contributed by atoms with Crippen LogP contribution in [-0.2, 0) is 16.6 Å². The SMILES string of the molecule is O=S(=O)(c1ccccc1Cl)N1CCN(Cc2ccncc2)CC1. The van der Waals surface area contributed by atoms with Gasteiger partial charge in [0.2, 0.25) is 10.0 Å². The second-order valence-corrected chi connectivity index (χ2v) is 7.78. The molecule has 1 aromatic heterocycles. The van der Waals surface area contributed by atoms with Crippen LogP contribution in [0.4, 0.5) is 0 Å². The third-order valence-corrected chi connectivity index (χ3v) is 6.34. The maximum atomic E-state index is 12.7. The lowest BCUT2D eigenvalue weighted by molar-refractivity contribution is 0.181. The Morgan fingerprint density at radius 1 is 1.00 bits per heavy atom. The number of aromatic nitrogens is 1. The highest BCUT2D eigenvalue weighted by Crippen LogP contribution is 2.25. The summed E-state index contributed by atoms with van der Waals surface area (Å²) < 4.78 is 26.9. The number of hydrogen-bond donors (Lipinski definition) is 0. The monoisotopic (exact) mass is 351 g/mol. The van der Waals surface area contributed by atoms with Gasteiger partial charge < -0.3 is 0 Å². The van der Waals surface area contributed by atoms with E-state index in [0.717, 1.165) is 6.54 Å². The van der Waals surface area contributed by atoms with E-state index >= 15 is 0 Å². The Morgan fingerprint density at radius 3 is 2.30 bits per heavy atom. The van der Waals surface area contributed by atoms with Crippen LogP contribution < -0.4 is 0 Å². The molecular weight excluding hydrogens is 334 g/mol. The number of nitrogens with zero attached hydrogens (tertiary/aromatic N) is 3. The van der Waals surface area contributed by atoms with Crippen molar-refractivity contribution in [1.82, 2.24) is 14.2 Å². The van der Waals surface area contributed by atoms with E-state index in [1.165, 1.54) is 9.87 Å². The number of pyridine rings is 1. The van der Waals surface area contributed by atoms with Crippen LogP contribution in [-0.4, -0.2) is 48.8 Å². The number of benzene rings is 1. The van der Waals surface area contributed by atoms with E-state index in [1.54, 1.807) is 36.7 Å². The zero-order valence-electron chi connectivity index (χ0n) is 12.6. The van der Waals surface area contributed by atoms with Gasteiger partial charge in [-0.1, -0.05) is 23.7 Å². The van der Waals surface area contributed by atoms with Gasteiger partial charge in [-0.05, 0) is 29.8 Å². The largest absolute Gasteiger partial charge is 0.296 e. The van der Waals surface area contributed by atoms with E-state index in [0.29, 0.717) is 26.2 Å². The summed E-state index contributed by atoms with van der Waals surface area (Å²) in [5.74, 6) is 0. The summed E-state index contributed by atoms with van der Waals surface area (Å²) in [6.45, 7) is 3.15. The van der Waals surface area contributed by atoms with Crippen molar-refractivity contribution in [2.45, 2.75) is 11.4 Å². The van der Waals surface area contributed by atoms with Crippen molar-refractivity contribution >= 4 is 21.6 Å². The van der Waals surface area contributed by atoms with Crippen molar-refractivity contribution in [2.75, 3.05) is 26.2 Å². The molecule has 0 aliphatic carbocycles. The van der Waals surface area contributed by atoms with Gasteiger partial charge in [0, 0.05) is 45.1 Å². The molecule has 0 unspecified atom stereocenters. The molecule has 0 amide bonds. The molecule has 0 saturated carbocycles. The molecule has 5 nitrogen and oxygen atoms in total. The fraction of sp³-hybridized carbons (Fsp3) is 0.312. The lowest BCUT2D eigenvalue weighted by Gasteiger charge is -2.34. The number of rotatable bonds is 4. The Bertz CT molecular complexity index is 760. The molecule has 1 aliphatic rings. The number of sulfonamides is 1. The Kier molecular flexibility index (Phi) is 4.96. The molecule has 0 bridgehead atoms. The topological polar surface area (TPSA) is 53.5 Å². The first-order chi connectivity index (χ1) is 11.1. The van der Waals surface area contributed by atoms with Crippen LogP contribution in [0.3, 0.4) is 0 Å². The summed E-state index contributed by atoms with van der Waals surface area (Å²) in [4.78, 5) is 6.43. The summed E-state index contributed by atoms with van der Waals surface area (Å²) in [5, 5.41) is 0.270. The molecule has 7 heteroatoms. The molecule has 1 fully saturated rings.